The molecule has 0 spiro atoms. The maximum absolute atomic E-state index is 13.5. The van der Waals surface area contributed by atoms with Crippen molar-refractivity contribution in [2.75, 3.05) is 39.9 Å². The Bertz CT molecular complexity index is 873. The summed E-state index contributed by atoms with van der Waals surface area (Å²) in [5.41, 5.74) is 2.53. The van der Waals surface area contributed by atoms with Gasteiger partial charge < -0.3 is 20.3 Å². The molecule has 2 aromatic rings. The molecule has 1 unspecified atom stereocenters. The van der Waals surface area contributed by atoms with Crippen LogP contribution in [0.1, 0.15) is 22.6 Å². The Morgan fingerprint density at radius 3 is 2.52 bits per heavy atom. The van der Waals surface area contributed by atoms with Crippen molar-refractivity contribution in [1.29, 1.82) is 0 Å². The van der Waals surface area contributed by atoms with Crippen LogP contribution >= 0.6 is 24.0 Å². The molecule has 0 aromatic heterocycles. The molecule has 0 saturated carbocycles. The zero-order valence-corrected chi connectivity index (χ0v) is 20.3. The van der Waals surface area contributed by atoms with Gasteiger partial charge in [-0.3, -0.25) is 9.79 Å². The van der Waals surface area contributed by atoms with Crippen LogP contribution in [0.15, 0.2) is 53.5 Å². The van der Waals surface area contributed by atoms with Gasteiger partial charge >= 0.3 is 0 Å². The zero-order chi connectivity index (χ0) is 21.3. The number of halogens is 2. The molecule has 2 N–H and O–H groups in total. The first-order valence-corrected chi connectivity index (χ1v) is 10.2. The summed E-state index contributed by atoms with van der Waals surface area (Å²) in [6, 6.07) is 14.8. The van der Waals surface area contributed by atoms with Gasteiger partial charge in [-0.15, -0.1) is 24.0 Å². The normalized spacial score (nSPS) is 15.1. The van der Waals surface area contributed by atoms with Gasteiger partial charge in [0.05, 0.1) is 19.1 Å². The molecule has 31 heavy (non-hydrogen) atoms. The number of hydrogen-bond acceptors (Lipinski definition) is 3. The Morgan fingerprint density at radius 1 is 1.16 bits per heavy atom. The van der Waals surface area contributed by atoms with E-state index >= 15 is 0 Å². The van der Waals surface area contributed by atoms with Crippen LogP contribution in [0.3, 0.4) is 0 Å². The van der Waals surface area contributed by atoms with Crippen LogP contribution in [0.25, 0.3) is 0 Å². The lowest BCUT2D eigenvalue weighted by Gasteiger charge is -2.31. The molecule has 1 fully saturated rings. The molecule has 1 heterocycles. The first-order chi connectivity index (χ1) is 14.6. The number of carbonyl (C=O) groups is 1. The van der Waals surface area contributed by atoms with Crippen molar-refractivity contribution in [2.24, 2.45) is 4.99 Å². The molecular weight excluding hydrogens is 510 g/mol. The number of nitrogens with zero attached hydrogens (tertiary/aromatic N) is 2. The summed E-state index contributed by atoms with van der Waals surface area (Å²) in [6.45, 7) is 5.03. The lowest BCUT2D eigenvalue weighted by atomic mass is 9.97. The quantitative estimate of drug-likeness (QED) is 0.336. The van der Waals surface area contributed by atoms with Crippen LogP contribution in [0.4, 0.5) is 4.39 Å². The van der Waals surface area contributed by atoms with E-state index in [-0.39, 0.29) is 41.6 Å². The smallest absolute Gasteiger partial charge is 0.232 e. The van der Waals surface area contributed by atoms with Gasteiger partial charge in [0.1, 0.15) is 5.82 Å². The van der Waals surface area contributed by atoms with Crippen molar-refractivity contribution in [3.63, 3.8) is 0 Å². The Hall–Kier alpha value is -2.20. The number of aryl methyl sites for hydroxylation is 1. The van der Waals surface area contributed by atoms with Gasteiger partial charge in [-0.2, -0.15) is 0 Å². The Morgan fingerprint density at radius 2 is 1.87 bits per heavy atom. The molecule has 1 aliphatic heterocycles. The minimum absolute atomic E-state index is 0. The molecular formula is C23H30FIN4O2. The molecule has 168 valence electrons. The lowest BCUT2D eigenvalue weighted by molar-refractivity contribution is -0.136. The van der Waals surface area contributed by atoms with E-state index in [4.69, 9.17) is 4.74 Å². The predicted molar refractivity (Wildman–Crippen MR) is 131 cm³/mol. The number of ether oxygens (including phenoxy) is 1. The zero-order valence-electron chi connectivity index (χ0n) is 17.9. The second-order valence-electron chi connectivity index (χ2n) is 7.29. The Labute approximate surface area is 200 Å². The van der Waals surface area contributed by atoms with E-state index in [9.17, 15) is 9.18 Å². The maximum Gasteiger partial charge on any atom is 0.232 e. The van der Waals surface area contributed by atoms with E-state index < -0.39 is 0 Å². The number of nitrogens with one attached hydrogen (secondary N) is 2. The molecule has 0 bridgehead atoms. The van der Waals surface area contributed by atoms with Gasteiger partial charge in [0.25, 0.3) is 0 Å². The number of benzene rings is 2. The fraction of sp³-hybridized carbons (Fsp3) is 0.391. The average Bonchev–Trinajstić information content (AvgIpc) is 2.79. The molecule has 6 nitrogen and oxygen atoms in total. The summed E-state index contributed by atoms with van der Waals surface area (Å²) in [6.07, 6.45) is 0. The molecule has 2 aromatic carbocycles. The summed E-state index contributed by atoms with van der Waals surface area (Å²) in [5, 5.41) is 6.50. The molecule has 0 radical (unpaired) electrons. The van der Waals surface area contributed by atoms with Crippen molar-refractivity contribution >= 4 is 35.8 Å². The summed E-state index contributed by atoms with van der Waals surface area (Å²) in [5.74, 6) is 0.138. The van der Waals surface area contributed by atoms with Gasteiger partial charge in [0.2, 0.25) is 5.91 Å². The van der Waals surface area contributed by atoms with Gasteiger partial charge in [0.15, 0.2) is 5.96 Å². The van der Waals surface area contributed by atoms with E-state index in [0.717, 1.165) is 11.1 Å². The molecule has 0 aliphatic carbocycles. The molecule has 3 rings (SSSR count). The van der Waals surface area contributed by atoms with Crippen molar-refractivity contribution < 1.29 is 13.9 Å². The van der Waals surface area contributed by atoms with Gasteiger partial charge in [-0.05, 0) is 29.7 Å². The van der Waals surface area contributed by atoms with E-state index in [1.807, 2.05) is 41.3 Å². The third-order valence-corrected chi connectivity index (χ3v) is 5.20. The minimum atomic E-state index is -0.323. The van der Waals surface area contributed by atoms with E-state index in [2.05, 4.69) is 15.6 Å². The molecule has 1 aliphatic rings. The van der Waals surface area contributed by atoms with E-state index in [1.165, 1.54) is 6.07 Å². The van der Waals surface area contributed by atoms with Crippen LogP contribution in [0, 0.1) is 12.7 Å². The largest absolute Gasteiger partial charge is 0.378 e. The maximum atomic E-state index is 13.5. The summed E-state index contributed by atoms with van der Waals surface area (Å²) in [4.78, 5) is 19.3. The lowest BCUT2D eigenvalue weighted by Crippen LogP contribution is -2.47. The number of aliphatic imine (C=N–C) groups is 1. The van der Waals surface area contributed by atoms with Crippen molar-refractivity contribution in [1.82, 2.24) is 15.5 Å². The molecule has 1 saturated heterocycles. The highest BCUT2D eigenvalue weighted by atomic mass is 127. The third kappa shape index (κ3) is 7.17. The number of guanidine groups is 1. The monoisotopic (exact) mass is 540 g/mol. The highest BCUT2D eigenvalue weighted by molar-refractivity contribution is 14.0. The number of morpholine rings is 1. The van der Waals surface area contributed by atoms with Crippen LogP contribution in [0.2, 0.25) is 0 Å². The number of rotatable bonds is 6. The molecule has 1 amide bonds. The highest BCUT2D eigenvalue weighted by Crippen LogP contribution is 2.19. The fourth-order valence-electron chi connectivity index (χ4n) is 3.46. The van der Waals surface area contributed by atoms with Crippen LogP contribution in [-0.2, 0) is 16.1 Å². The Balaban J connectivity index is 0.00000341. The number of hydrogen-bond donors (Lipinski definition) is 2. The first kappa shape index (κ1) is 25.1. The average molecular weight is 540 g/mol. The number of amides is 1. The first-order valence-electron chi connectivity index (χ1n) is 10.2. The standard InChI is InChI=1S/C23H29FN4O2.HI/c1-17-14-18(8-9-21(17)24)15-26-23(25-2)27-16-20(19-6-4-3-5-7-19)22(29)28-10-12-30-13-11-28;/h3-9,14,20H,10-13,15-16H2,1-2H3,(H2,25,26,27);1H. The second kappa shape index (κ2) is 12.6. The van der Waals surface area contributed by atoms with Crippen molar-refractivity contribution in [2.45, 2.75) is 19.4 Å². The van der Waals surface area contributed by atoms with Crippen molar-refractivity contribution in [3.05, 3.63) is 71.0 Å². The van der Waals surface area contributed by atoms with Gasteiger partial charge in [0, 0.05) is 33.2 Å². The summed E-state index contributed by atoms with van der Waals surface area (Å²) < 4.78 is 18.8. The summed E-state index contributed by atoms with van der Waals surface area (Å²) >= 11 is 0. The van der Waals surface area contributed by atoms with E-state index in [1.54, 1.807) is 20.0 Å². The van der Waals surface area contributed by atoms with Gasteiger partial charge in [-0.25, -0.2) is 4.39 Å². The second-order valence-corrected chi connectivity index (χ2v) is 7.29. The summed E-state index contributed by atoms with van der Waals surface area (Å²) in [7, 11) is 1.69. The number of carbonyl (C=O) groups excluding carboxylic acids is 1. The van der Waals surface area contributed by atoms with E-state index in [0.29, 0.717) is 50.9 Å². The SMILES string of the molecule is CN=C(NCc1ccc(F)c(C)c1)NCC(C(=O)N1CCOCC1)c1ccccc1.I. The molecule has 8 heteroatoms. The van der Waals surface area contributed by atoms with Crippen LogP contribution in [0.5, 0.6) is 0 Å². The van der Waals surface area contributed by atoms with Gasteiger partial charge in [-0.1, -0.05) is 42.5 Å². The Kier molecular flexibility index (Phi) is 10.2. The predicted octanol–water partition coefficient (Wildman–Crippen LogP) is 3.06. The fourth-order valence-corrected chi connectivity index (χ4v) is 3.46. The minimum Gasteiger partial charge on any atom is -0.378 e. The van der Waals surface area contributed by atoms with Crippen LogP contribution in [-0.4, -0.2) is 56.7 Å². The topological polar surface area (TPSA) is 66.0 Å². The highest BCUT2D eigenvalue weighted by Gasteiger charge is 2.27. The third-order valence-electron chi connectivity index (χ3n) is 5.20. The van der Waals surface area contributed by atoms with Crippen LogP contribution < -0.4 is 10.6 Å². The molecule has 1 atom stereocenters. The van der Waals surface area contributed by atoms with Crippen molar-refractivity contribution in [3.8, 4) is 0 Å².